The van der Waals surface area contributed by atoms with Gasteiger partial charge in [-0.3, -0.25) is 4.79 Å². The summed E-state index contributed by atoms with van der Waals surface area (Å²) in [6, 6.07) is 0. The molecule has 1 saturated heterocycles. The summed E-state index contributed by atoms with van der Waals surface area (Å²) < 4.78 is 3.19. The molecule has 1 rings (SSSR count). The van der Waals surface area contributed by atoms with Gasteiger partial charge in [-0.1, -0.05) is 34.8 Å². The molecular weight excluding hydrogens is 278 g/mol. The highest BCUT2D eigenvalue weighted by atomic mass is 35.6. The molecule has 0 unspecified atom stereocenters. The van der Waals surface area contributed by atoms with Crippen molar-refractivity contribution in [1.82, 2.24) is 9.80 Å². The van der Waals surface area contributed by atoms with Gasteiger partial charge in [-0.2, -0.15) is 0 Å². The molecule has 0 spiro atoms. The summed E-state index contributed by atoms with van der Waals surface area (Å²) in [5.74, 6) is 0. The average molecular weight is 289 g/mol. The largest absolute Gasteiger partial charge is 0.445 e. The van der Waals surface area contributed by atoms with Crippen LogP contribution >= 0.6 is 34.8 Å². The number of halogens is 3. The van der Waals surface area contributed by atoms with Crippen molar-refractivity contribution in [1.29, 1.82) is 0 Å². The van der Waals surface area contributed by atoms with Crippen LogP contribution in [0.15, 0.2) is 0 Å². The third kappa shape index (κ3) is 4.63. The van der Waals surface area contributed by atoms with Gasteiger partial charge in [-0.25, -0.2) is 4.79 Å². The van der Waals surface area contributed by atoms with Gasteiger partial charge >= 0.3 is 12.5 Å². The van der Waals surface area contributed by atoms with Gasteiger partial charge in [0.05, 0.1) is 0 Å². The molecule has 8 heteroatoms. The van der Waals surface area contributed by atoms with E-state index >= 15 is 0 Å². The lowest BCUT2D eigenvalue weighted by molar-refractivity contribution is 0.0889. The smallest absolute Gasteiger partial charge is 0.410 e. The fourth-order valence-electron chi connectivity index (χ4n) is 1.22. The SMILES string of the molecule is O=[C]N1CCN(C(=O)OCC(Cl)(Cl)Cl)CC1. The van der Waals surface area contributed by atoms with Crippen molar-refractivity contribution in [3.05, 3.63) is 0 Å². The lowest BCUT2D eigenvalue weighted by atomic mass is 10.3. The average Bonchev–Trinajstić information content (AvgIpc) is 2.25. The standard InChI is InChI=1S/C8H10Cl3N2O3/c9-8(10,11)5-16-7(15)13-3-1-12(6-14)2-4-13/h1-5H2. The van der Waals surface area contributed by atoms with Crippen molar-refractivity contribution in [2.45, 2.75) is 3.79 Å². The molecule has 1 radical (unpaired) electrons. The van der Waals surface area contributed by atoms with Crippen LogP contribution in [0.5, 0.6) is 0 Å². The van der Waals surface area contributed by atoms with E-state index in [2.05, 4.69) is 0 Å². The summed E-state index contributed by atoms with van der Waals surface area (Å²) in [5.41, 5.74) is 0. The molecule has 1 aliphatic heterocycles. The molecule has 2 amide bonds. The van der Waals surface area contributed by atoms with Gasteiger partial charge in [-0.05, 0) is 0 Å². The molecule has 1 fully saturated rings. The number of hydrogen-bond donors (Lipinski definition) is 0. The predicted octanol–water partition coefficient (Wildman–Crippen LogP) is 1.18. The van der Waals surface area contributed by atoms with E-state index in [9.17, 15) is 9.59 Å². The molecule has 0 aromatic heterocycles. The number of alkyl halides is 3. The predicted molar refractivity (Wildman–Crippen MR) is 60.5 cm³/mol. The number of ether oxygens (including phenoxy) is 1. The number of hydrogen-bond acceptors (Lipinski definition) is 3. The Labute approximate surface area is 108 Å². The summed E-state index contributed by atoms with van der Waals surface area (Å²) in [5, 5.41) is 0. The second-order valence-electron chi connectivity index (χ2n) is 3.24. The van der Waals surface area contributed by atoms with Gasteiger partial charge < -0.3 is 14.5 Å². The first-order valence-corrected chi connectivity index (χ1v) is 5.67. The van der Waals surface area contributed by atoms with Crippen LogP contribution in [0.3, 0.4) is 0 Å². The van der Waals surface area contributed by atoms with E-state index in [1.54, 1.807) is 6.41 Å². The van der Waals surface area contributed by atoms with Crippen LogP contribution in [0.1, 0.15) is 0 Å². The van der Waals surface area contributed by atoms with Gasteiger partial charge in [0.15, 0.2) is 0 Å². The summed E-state index contributed by atoms with van der Waals surface area (Å²) in [7, 11) is 0. The highest BCUT2D eigenvalue weighted by molar-refractivity contribution is 6.67. The van der Waals surface area contributed by atoms with Crippen LogP contribution in [0, 0.1) is 0 Å². The Morgan fingerprint density at radius 3 is 2.25 bits per heavy atom. The molecule has 0 N–H and O–H groups in total. The topological polar surface area (TPSA) is 49.9 Å². The summed E-state index contributed by atoms with van der Waals surface area (Å²) >= 11 is 16.3. The van der Waals surface area contributed by atoms with E-state index in [4.69, 9.17) is 39.5 Å². The molecule has 0 aromatic rings. The van der Waals surface area contributed by atoms with E-state index in [1.807, 2.05) is 0 Å². The molecule has 0 aliphatic carbocycles. The zero-order chi connectivity index (χ0) is 12.2. The van der Waals surface area contributed by atoms with Crippen LogP contribution in [0.25, 0.3) is 0 Å². The lowest BCUT2D eigenvalue weighted by Gasteiger charge is -2.31. The Kier molecular flexibility index (Phi) is 4.95. The number of rotatable bonds is 2. The van der Waals surface area contributed by atoms with Gasteiger partial charge in [0, 0.05) is 26.2 Å². The number of carbonyl (C=O) groups is 1. The van der Waals surface area contributed by atoms with Crippen molar-refractivity contribution in [3.63, 3.8) is 0 Å². The zero-order valence-corrected chi connectivity index (χ0v) is 10.6. The third-order valence-corrected chi connectivity index (χ3v) is 2.35. The number of piperazine rings is 1. The second-order valence-corrected chi connectivity index (χ2v) is 5.75. The van der Waals surface area contributed by atoms with E-state index in [0.717, 1.165) is 0 Å². The number of nitrogens with zero attached hydrogens (tertiary/aromatic N) is 2. The molecule has 0 atom stereocenters. The monoisotopic (exact) mass is 287 g/mol. The summed E-state index contributed by atoms with van der Waals surface area (Å²) in [6.07, 6.45) is 1.22. The maximum atomic E-state index is 11.5. The molecule has 1 aliphatic rings. The number of carbonyl (C=O) groups excluding carboxylic acids is 2. The minimum atomic E-state index is -1.60. The van der Waals surface area contributed by atoms with E-state index in [0.29, 0.717) is 26.2 Å². The Bertz CT molecular complexity index is 262. The van der Waals surface area contributed by atoms with E-state index < -0.39 is 9.89 Å². The molecule has 5 nitrogen and oxygen atoms in total. The Morgan fingerprint density at radius 2 is 1.81 bits per heavy atom. The fourth-order valence-corrected chi connectivity index (χ4v) is 1.38. The van der Waals surface area contributed by atoms with Gasteiger partial charge in [0.2, 0.25) is 3.79 Å². The molecule has 0 aromatic carbocycles. The highest BCUT2D eigenvalue weighted by Gasteiger charge is 2.26. The second kappa shape index (κ2) is 5.80. The minimum Gasteiger partial charge on any atom is -0.445 e. The normalized spacial score (nSPS) is 17.2. The first-order chi connectivity index (χ1) is 7.42. The Balaban J connectivity index is 2.31. The fraction of sp³-hybridized carbons (Fsp3) is 0.750. The van der Waals surface area contributed by atoms with Crippen LogP contribution in [-0.4, -0.2) is 58.9 Å². The zero-order valence-electron chi connectivity index (χ0n) is 8.29. The van der Waals surface area contributed by atoms with E-state index in [1.165, 1.54) is 9.80 Å². The van der Waals surface area contributed by atoms with Gasteiger partial charge in [0.25, 0.3) is 0 Å². The first kappa shape index (κ1) is 13.7. The van der Waals surface area contributed by atoms with E-state index in [-0.39, 0.29) is 6.61 Å². The van der Waals surface area contributed by atoms with Crippen molar-refractivity contribution >= 4 is 47.3 Å². The Morgan fingerprint density at radius 1 is 1.25 bits per heavy atom. The first-order valence-electron chi connectivity index (χ1n) is 4.53. The molecular formula is C8H10Cl3N2O3. The lowest BCUT2D eigenvalue weighted by Crippen LogP contribution is -2.48. The molecule has 91 valence electrons. The Hall–Kier alpha value is -0.390. The summed E-state index contributed by atoms with van der Waals surface area (Å²) in [6.45, 7) is 1.37. The maximum Gasteiger partial charge on any atom is 0.410 e. The van der Waals surface area contributed by atoms with Crippen molar-refractivity contribution in [2.24, 2.45) is 0 Å². The third-order valence-electron chi connectivity index (χ3n) is 2.03. The molecule has 0 bridgehead atoms. The van der Waals surface area contributed by atoms with Crippen LogP contribution < -0.4 is 0 Å². The van der Waals surface area contributed by atoms with Crippen LogP contribution in [0.2, 0.25) is 0 Å². The van der Waals surface area contributed by atoms with Crippen molar-refractivity contribution in [2.75, 3.05) is 32.8 Å². The quantitative estimate of drug-likeness (QED) is 0.717. The van der Waals surface area contributed by atoms with Gasteiger partial charge in [-0.15, -0.1) is 0 Å². The summed E-state index contributed by atoms with van der Waals surface area (Å²) in [4.78, 5) is 24.7. The van der Waals surface area contributed by atoms with Crippen molar-refractivity contribution < 1.29 is 14.3 Å². The van der Waals surface area contributed by atoms with Crippen molar-refractivity contribution in [3.8, 4) is 0 Å². The number of amides is 2. The van der Waals surface area contributed by atoms with Crippen LogP contribution in [0.4, 0.5) is 4.79 Å². The van der Waals surface area contributed by atoms with Gasteiger partial charge in [0.1, 0.15) is 6.61 Å². The van der Waals surface area contributed by atoms with Crippen LogP contribution in [-0.2, 0) is 9.53 Å². The molecule has 16 heavy (non-hydrogen) atoms. The molecule has 0 saturated carbocycles. The minimum absolute atomic E-state index is 0.295. The molecule has 1 heterocycles. The maximum absolute atomic E-state index is 11.5. The highest BCUT2D eigenvalue weighted by Crippen LogP contribution is 2.26.